The van der Waals surface area contributed by atoms with Gasteiger partial charge in [-0.1, -0.05) is 6.92 Å². The summed E-state index contributed by atoms with van der Waals surface area (Å²) in [5.74, 6) is -0.188. The van der Waals surface area contributed by atoms with Crippen molar-refractivity contribution in [1.82, 2.24) is 10.6 Å². The van der Waals surface area contributed by atoms with Crippen LogP contribution in [0.5, 0.6) is 0 Å². The van der Waals surface area contributed by atoms with E-state index < -0.39 is 11.6 Å². The molecule has 0 aliphatic carbocycles. The lowest BCUT2D eigenvalue weighted by Gasteiger charge is -2.24. The second kappa shape index (κ2) is 5.95. The summed E-state index contributed by atoms with van der Waals surface area (Å²) in [6, 6.07) is 0. The molecule has 0 aliphatic rings. The summed E-state index contributed by atoms with van der Waals surface area (Å²) >= 11 is 0. The van der Waals surface area contributed by atoms with Gasteiger partial charge in [0.2, 0.25) is 5.91 Å². The van der Waals surface area contributed by atoms with Crippen LogP contribution in [0.2, 0.25) is 0 Å². The van der Waals surface area contributed by atoms with Crippen molar-refractivity contribution in [1.29, 1.82) is 0 Å². The molecular weight excluding hydrogens is 184 g/mol. The van der Waals surface area contributed by atoms with Crippen molar-refractivity contribution >= 4 is 5.91 Å². The molecule has 5 heteroatoms. The molecule has 0 aromatic carbocycles. The van der Waals surface area contributed by atoms with E-state index in [9.17, 15) is 4.79 Å². The number of amides is 1. The molecule has 4 N–H and O–H groups in total. The van der Waals surface area contributed by atoms with Crippen LogP contribution in [0.1, 0.15) is 20.8 Å². The highest BCUT2D eigenvalue weighted by Crippen LogP contribution is 2.00. The second-order valence-corrected chi connectivity index (χ2v) is 3.70. The minimum Gasteiger partial charge on any atom is -0.394 e. The fourth-order valence-electron chi connectivity index (χ4n) is 1.02. The van der Waals surface area contributed by atoms with Crippen molar-refractivity contribution in [2.24, 2.45) is 0 Å². The minimum absolute atomic E-state index is 0.0736. The van der Waals surface area contributed by atoms with Crippen LogP contribution in [-0.2, 0) is 4.79 Å². The summed E-state index contributed by atoms with van der Waals surface area (Å²) in [6.07, 6.45) is -0.892. The third-order valence-corrected chi connectivity index (χ3v) is 1.90. The Bertz CT molecular complexity index is 183. The van der Waals surface area contributed by atoms with Crippen LogP contribution >= 0.6 is 0 Å². The van der Waals surface area contributed by atoms with E-state index in [0.29, 0.717) is 6.54 Å². The molecule has 14 heavy (non-hydrogen) atoms. The van der Waals surface area contributed by atoms with E-state index in [1.807, 2.05) is 6.92 Å². The van der Waals surface area contributed by atoms with E-state index in [2.05, 4.69) is 10.6 Å². The SMILES string of the molecule is CCNC(C)(C)C(=O)NCC(O)CO. The van der Waals surface area contributed by atoms with Crippen molar-refractivity contribution in [3.8, 4) is 0 Å². The van der Waals surface area contributed by atoms with Crippen molar-refractivity contribution in [2.75, 3.05) is 19.7 Å². The van der Waals surface area contributed by atoms with E-state index in [0.717, 1.165) is 0 Å². The highest BCUT2D eigenvalue weighted by Gasteiger charge is 2.25. The average Bonchev–Trinajstić information content (AvgIpc) is 2.13. The first kappa shape index (κ1) is 13.4. The third kappa shape index (κ3) is 4.55. The average molecular weight is 204 g/mol. The fourth-order valence-corrected chi connectivity index (χ4v) is 1.02. The zero-order chi connectivity index (χ0) is 11.2. The Morgan fingerprint density at radius 1 is 1.50 bits per heavy atom. The Balaban J connectivity index is 3.94. The van der Waals surface area contributed by atoms with Gasteiger partial charge in [0, 0.05) is 6.54 Å². The monoisotopic (exact) mass is 204 g/mol. The topological polar surface area (TPSA) is 81.6 Å². The first-order valence-electron chi connectivity index (χ1n) is 4.76. The molecular formula is C9H20N2O3. The molecule has 0 bridgehead atoms. The molecule has 0 heterocycles. The first-order chi connectivity index (χ1) is 6.44. The number of hydrogen-bond donors (Lipinski definition) is 4. The molecule has 0 rings (SSSR count). The fraction of sp³-hybridized carbons (Fsp3) is 0.889. The lowest BCUT2D eigenvalue weighted by molar-refractivity contribution is -0.127. The lowest BCUT2D eigenvalue weighted by atomic mass is 10.0. The van der Waals surface area contributed by atoms with Crippen LogP contribution in [0.3, 0.4) is 0 Å². The van der Waals surface area contributed by atoms with Gasteiger partial charge in [0.05, 0.1) is 18.2 Å². The third-order valence-electron chi connectivity index (χ3n) is 1.90. The smallest absolute Gasteiger partial charge is 0.239 e. The standard InChI is InChI=1S/C9H20N2O3/c1-4-11-9(2,3)8(14)10-5-7(13)6-12/h7,11-13H,4-6H2,1-3H3,(H,10,14). The van der Waals surface area contributed by atoms with Gasteiger partial charge in [0.25, 0.3) is 0 Å². The predicted molar refractivity (Wildman–Crippen MR) is 53.9 cm³/mol. The molecule has 1 atom stereocenters. The summed E-state index contributed by atoms with van der Waals surface area (Å²) in [7, 11) is 0. The van der Waals surface area contributed by atoms with Crippen LogP contribution in [-0.4, -0.2) is 47.5 Å². The molecule has 84 valence electrons. The molecule has 1 unspecified atom stereocenters. The maximum atomic E-state index is 11.5. The molecule has 0 fully saturated rings. The number of aliphatic hydroxyl groups is 2. The Kier molecular flexibility index (Phi) is 5.68. The van der Waals surface area contributed by atoms with Gasteiger partial charge >= 0.3 is 0 Å². The number of carbonyl (C=O) groups is 1. The van der Waals surface area contributed by atoms with E-state index in [-0.39, 0.29) is 19.1 Å². The Morgan fingerprint density at radius 2 is 2.07 bits per heavy atom. The molecule has 1 amide bonds. The first-order valence-corrected chi connectivity index (χ1v) is 4.76. The number of hydrogen-bond acceptors (Lipinski definition) is 4. The summed E-state index contributed by atoms with van der Waals surface area (Å²) in [6.45, 7) is 5.86. The summed E-state index contributed by atoms with van der Waals surface area (Å²) in [4.78, 5) is 11.5. The Morgan fingerprint density at radius 3 is 2.50 bits per heavy atom. The number of carbonyl (C=O) groups excluding carboxylic acids is 1. The van der Waals surface area contributed by atoms with Crippen LogP contribution < -0.4 is 10.6 Å². The quantitative estimate of drug-likeness (QED) is 0.440. The van der Waals surface area contributed by atoms with Crippen LogP contribution in [0, 0.1) is 0 Å². The maximum Gasteiger partial charge on any atom is 0.239 e. The number of likely N-dealkylation sites (N-methyl/N-ethyl adjacent to an activating group) is 1. The van der Waals surface area contributed by atoms with Crippen LogP contribution in [0.15, 0.2) is 0 Å². The predicted octanol–water partition coefficient (Wildman–Crippen LogP) is -1.16. The summed E-state index contributed by atoms with van der Waals surface area (Å²) in [5.41, 5.74) is -0.649. The molecule has 0 aromatic heterocycles. The molecule has 0 radical (unpaired) electrons. The van der Waals surface area contributed by atoms with Crippen molar-refractivity contribution in [3.05, 3.63) is 0 Å². The molecule has 5 nitrogen and oxygen atoms in total. The van der Waals surface area contributed by atoms with Gasteiger partial charge in [-0.3, -0.25) is 4.79 Å². The second-order valence-electron chi connectivity index (χ2n) is 3.70. The van der Waals surface area contributed by atoms with E-state index in [1.165, 1.54) is 0 Å². The zero-order valence-corrected chi connectivity index (χ0v) is 9.00. The van der Waals surface area contributed by atoms with Crippen molar-refractivity contribution in [2.45, 2.75) is 32.4 Å². The highest BCUT2D eigenvalue weighted by atomic mass is 16.3. The molecule has 0 aromatic rings. The minimum atomic E-state index is -0.892. The van der Waals surface area contributed by atoms with Gasteiger partial charge in [-0.25, -0.2) is 0 Å². The van der Waals surface area contributed by atoms with Gasteiger partial charge in [0.1, 0.15) is 0 Å². The maximum absolute atomic E-state index is 11.5. The normalized spacial score (nSPS) is 13.8. The zero-order valence-electron chi connectivity index (χ0n) is 9.00. The molecule has 0 spiro atoms. The van der Waals surface area contributed by atoms with Gasteiger partial charge < -0.3 is 20.8 Å². The molecule has 0 saturated heterocycles. The highest BCUT2D eigenvalue weighted by molar-refractivity contribution is 5.85. The van der Waals surface area contributed by atoms with Crippen molar-refractivity contribution in [3.63, 3.8) is 0 Å². The van der Waals surface area contributed by atoms with Gasteiger partial charge in [-0.05, 0) is 20.4 Å². The van der Waals surface area contributed by atoms with Gasteiger partial charge in [0.15, 0.2) is 0 Å². The summed E-state index contributed by atoms with van der Waals surface area (Å²) in [5, 5.41) is 23.1. The Labute approximate surface area is 84.5 Å². The largest absolute Gasteiger partial charge is 0.394 e. The van der Waals surface area contributed by atoms with Gasteiger partial charge in [-0.2, -0.15) is 0 Å². The van der Waals surface area contributed by atoms with E-state index in [4.69, 9.17) is 10.2 Å². The van der Waals surface area contributed by atoms with E-state index >= 15 is 0 Å². The lowest BCUT2D eigenvalue weighted by Crippen LogP contribution is -2.53. The van der Waals surface area contributed by atoms with Gasteiger partial charge in [-0.15, -0.1) is 0 Å². The van der Waals surface area contributed by atoms with Crippen molar-refractivity contribution < 1.29 is 15.0 Å². The summed E-state index contributed by atoms with van der Waals surface area (Å²) < 4.78 is 0. The van der Waals surface area contributed by atoms with Crippen LogP contribution in [0.4, 0.5) is 0 Å². The number of aliphatic hydroxyl groups excluding tert-OH is 2. The number of rotatable bonds is 6. The Hall–Kier alpha value is -0.650. The number of nitrogens with one attached hydrogen (secondary N) is 2. The molecule has 0 aliphatic heterocycles. The molecule has 0 saturated carbocycles. The van der Waals surface area contributed by atoms with Crippen LogP contribution in [0.25, 0.3) is 0 Å². The van der Waals surface area contributed by atoms with E-state index in [1.54, 1.807) is 13.8 Å².